The fraction of sp³-hybridized carbons (Fsp3) is 0.462. The van der Waals surface area contributed by atoms with Crippen LogP contribution in [0.2, 0.25) is 5.02 Å². The number of nitrogens with zero attached hydrogens (tertiary/aromatic N) is 1. The molecule has 0 aromatic heterocycles. The Kier molecular flexibility index (Phi) is 4.19. The predicted molar refractivity (Wildman–Crippen MR) is 68.4 cm³/mol. The molecule has 0 bridgehead atoms. The van der Waals surface area contributed by atoms with Crippen LogP contribution in [-0.2, 0) is 9.53 Å². The van der Waals surface area contributed by atoms with Crippen molar-refractivity contribution in [1.29, 1.82) is 0 Å². The lowest BCUT2D eigenvalue weighted by molar-refractivity contribution is -0.124. The second-order valence-electron chi connectivity index (χ2n) is 4.38. The number of hydrogen-bond donors (Lipinski definition) is 0. The summed E-state index contributed by atoms with van der Waals surface area (Å²) in [4.78, 5) is 13.8. The molecule has 0 atom stereocenters. The van der Waals surface area contributed by atoms with Gasteiger partial charge in [-0.2, -0.15) is 0 Å². The molecule has 1 amide bonds. The van der Waals surface area contributed by atoms with Crippen molar-refractivity contribution in [3.63, 3.8) is 0 Å². The fourth-order valence-corrected chi connectivity index (χ4v) is 2.21. The van der Waals surface area contributed by atoms with Gasteiger partial charge in [0.25, 0.3) is 0 Å². The summed E-state index contributed by atoms with van der Waals surface area (Å²) in [5.74, 6) is -0.471. The van der Waals surface area contributed by atoms with E-state index >= 15 is 0 Å². The van der Waals surface area contributed by atoms with E-state index in [4.69, 9.17) is 16.3 Å². The third-order valence-electron chi connectivity index (χ3n) is 3.19. The smallest absolute Gasteiger partial charge is 0.230 e. The number of carbonyl (C=O) groups excluding carboxylic acids is 1. The molecule has 0 spiro atoms. The Labute approximate surface area is 110 Å². The van der Waals surface area contributed by atoms with Crippen LogP contribution >= 0.6 is 11.6 Å². The highest BCUT2D eigenvalue weighted by molar-refractivity contribution is 6.31. The van der Waals surface area contributed by atoms with E-state index in [-0.39, 0.29) is 16.8 Å². The first-order chi connectivity index (χ1) is 8.59. The molecule has 0 aliphatic carbocycles. The summed E-state index contributed by atoms with van der Waals surface area (Å²) in [7, 11) is 1.68. The SMILES string of the molecule is CN(C(=O)C1CCOCC1)c1ccc(F)c(Cl)c1. The monoisotopic (exact) mass is 271 g/mol. The standard InChI is InChI=1S/C13H15ClFNO2/c1-16(10-2-3-12(15)11(14)8-10)13(17)9-4-6-18-7-5-9/h2-3,8-9H,4-7H2,1H3. The Morgan fingerprint density at radius 2 is 2.11 bits per heavy atom. The van der Waals surface area contributed by atoms with Crippen LogP contribution in [0.25, 0.3) is 0 Å². The van der Waals surface area contributed by atoms with Gasteiger partial charge in [-0.15, -0.1) is 0 Å². The van der Waals surface area contributed by atoms with E-state index in [1.54, 1.807) is 13.1 Å². The minimum atomic E-state index is -0.479. The number of amides is 1. The number of ether oxygens (including phenoxy) is 1. The van der Waals surface area contributed by atoms with Gasteiger partial charge in [0.15, 0.2) is 0 Å². The lowest BCUT2D eigenvalue weighted by Gasteiger charge is -2.26. The topological polar surface area (TPSA) is 29.5 Å². The van der Waals surface area contributed by atoms with Crippen molar-refractivity contribution in [3.8, 4) is 0 Å². The summed E-state index contributed by atoms with van der Waals surface area (Å²) in [6.07, 6.45) is 1.47. The van der Waals surface area contributed by atoms with Gasteiger partial charge in [-0.1, -0.05) is 11.6 Å². The van der Waals surface area contributed by atoms with E-state index in [0.717, 1.165) is 12.8 Å². The summed E-state index contributed by atoms with van der Waals surface area (Å²) in [6.45, 7) is 1.24. The molecular formula is C13H15ClFNO2. The maximum Gasteiger partial charge on any atom is 0.230 e. The molecule has 1 fully saturated rings. The number of benzene rings is 1. The maximum atomic E-state index is 13.1. The summed E-state index contributed by atoms with van der Waals surface area (Å²) in [5, 5.41) is 0.0270. The van der Waals surface area contributed by atoms with Gasteiger partial charge in [-0.05, 0) is 31.0 Å². The predicted octanol–water partition coefficient (Wildman–Crippen LogP) is 2.87. The molecule has 2 rings (SSSR count). The molecule has 1 heterocycles. The average Bonchev–Trinajstić information content (AvgIpc) is 2.41. The van der Waals surface area contributed by atoms with Crippen LogP contribution in [0.5, 0.6) is 0 Å². The van der Waals surface area contributed by atoms with Gasteiger partial charge in [0.2, 0.25) is 5.91 Å². The molecule has 0 saturated carbocycles. The Morgan fingerprint density at radius 1 is 1.44 bits per heavy atom. The highest BCUT2D eigenvalue weighted by atomic mass is 35.5. The van der Waals surface area contributed by atoms with Gasteiger partial charge < -0.3 is 9.64 Å². The molecule has 3 nitrogen and oxygen atoms in total. The van der Waals surface area contributed by atoms with Gasteiger partial charge in [0.05, 0.1) is 5.02 Å². The minimum Gasteiger partial charge on any atom is -0.381 e. The highest BCUT2D eigenvalue weighted by Crippen LogP contribution is 2.25. The van der Waals surface area contributed by atoms with Crippen molar-refractivity contribution in [3.05, 3.63) is 29.0 Å². The number of halogens is 2. The quantitative estimate of drug-likeness (QED) is 0.828. The Morgan fingerprint density at radius 3 is 2.72 bits per heavy atom. The molecule has 1 aromatic carbocycles. The van der Waals surface area contributed by atoms with E-state index in [0.29, 0.717) is 18.9 Å². The van der Waals surface area contributed by atoms with Crippen LogP contribution in [0.15, 0.2) is 18.2 Å². The van der Waals surface area contributed by atoms with E-state index < -0.39 is 5.82 Å². The zero-order valence-electron chi connectivity index (χ0n) is 10.2. The summed E-state index contributed by atoms with van der Waals surface area (Å²) in [6, 6.07) is 4.29. The fourth-order valence-electron chi connectivity index (χ4n) is 2.04. The molecule has 1 aliphatic rings. The molecule has 98 valence electrons. The van der Waals surface area contributed by atoms with Crippen LogP contribution in [0, 0.1) is 11.7 Å². The molecule has 1 aliphatic heterocycles. The molecule has 18 heavy (non-hydrogen) atoms. The first-order valence-electron chi connectivity index (χ1n) is 5.90. The summed E-state index contributed by atoms with van der Waals surface area (Å²) >= 11 is 5.72. The van der Waals surface area contributed by atoms with Gasteiger partial charge in [-0.3, -0.25) is 4.79 Å². The van der Waals surface area contributed by atoms with E-state index in [1.165, 1.54) is 17.0 Å². The van der Waals surface area contributed by atoms with E-state index in [9.17, 15) is 9.18 Å². The van der Waals surface area contributed by atoms with Crippen molar-refractivity contribution < 1.29 is 13.9 Å². The normalized spacial score (nSPS) is 16.6. The molecule has 0 unspecified atom stereocenters. The maximum absolute atomic E-state index is 13.1. The average molecular weight is 272 g/mol. The van der Waals surface area contributed by atoms with Crippen LogP contribution in [-0.4, -0.2) is 26.2 Å². The van der Waals surface area contributed by atoms with Gasteiger partial charge in [-0.25, -0.2) is 4.39 Å². The second-order valence-corrected chi connectivity index (χ2v) is 4.79. The van der Waals surface area contributed by atoms with Gasteiger partial charge in [0, 0.05) is 31.9 Å². The molecule has 0 radical (unpaired) electrons. The Balaban J connectivity index is 2.11. The molecule has 1 aromatic rings. The lowest BCUT2D eigenvalue weighted by Crippen LogP contribution is -2.35. The minimum absolute atomic E-state index is 0.0208. The van der Waals surface area contributed by atoms with E-state index in [1.807, 2.05) is 0 Å². The Bertz CT molecular complexity index is 447. The number of anilines is 1. The van der Waals surface area contributed by atoms with Crippen molar-refractivity contribution in [2.45, 2.75) is 12.8 Å². The highest BCUT2D eigenvalue weighted by Gasteiger charge is 2.25. The van der Waals surface area contributed by atoms with Crippen LogP contribution < -0.4 is 4.90 Å². The molecule has 1 saturated heterocycles. The van der Waals surface area contributed by atoms with Crippen LogP contribution in [0.1, 0.15) is 12.8 Å². The van der Waals surface area contributed by atoms with Gasteiger partial charge in [0.1, 0.15) is 5.82 Å². The first-order valence-corrected chi connectivity index (χ1v) is 6.28. The van der Waals surface area contributed by atoms with Crippen LogP contribution in [0.3, 0.4) is 0 Å². The number of rotatable bonds is 2. The van der Waals surface area contributed by atoms with Crippen LogP contribution in [0.4, 0.5) is 10.1 Å². The summed E-state index contributed by atoms with van der Waals surface area (Å²) < 4.78 is 18.3. The lowest BCUT2D eigenvalue weighted by atomic mass is 9.98. The second kappa shape index (κ2) is 5.67. The Hall–Kier alpha value is -1.13. The molecule has 5 heteroatoms. The first kappa shape index (κ1) is 13.3. The zero-order chi connectivity index (χ0) is 13.1. The number of carbonyl (C=O) groups is 1. The third kappa shape index (κ3) is 2.82. The van der Waals surface area contributed by atoms with Gasteiger partial charge >= 0.3 is 0 Å². The van der Waals surface area contributed by atoms with Crippen molar-refractivity contribution >= 4 is 23.2 Å². The summed E-state index contributed by atoms with van der Waals surface area (Å²) in [5.41, 5.74) is 0.609. The van der Waals surface area contributed by atoms with Crippen molar-refractivity contribution in [2.24, 2.45) is 5.92 Å². The third-order valence-corrected chi connectivity index (χ3v) is 3.48. The molecule has 0 N–H and O–H groups in total. The van der Waals surface area contributed by atoms with Crippen molar-refractivity contribution in [1.82, 2.24) is 0 Å². The largest absolute Gasteiger partial charge is 0.381 e. The van der Waals surface area contributed by atoms with Crippen molar-refractivity contribution in [2.75, 3.05) is 25.2 Å². The van der Waals surface area contributed by atoms with E-state index in [2.05, 4.69) is 0 Å². The zero-order valence-corrected chi connectivity index (χ0v) is 10.9. The molecular weight excluding hydrogens is 257 g/mol. The number of hydrogen-bond acceptors (Lipinski definition) is 2.